The van der Waals surface area contributed by atoms with Gasteiger partial charge in [0.1, 0.15) is 11.3 Å². The molecular weight excluding hydrogens is 323 g/mol. The van der Waals surface area contributed by atoms with Gasteiger partial charge < -0.3 is 14.6 Å². The molecule has 0 saturated heterocycles. The summed E-state index contributed by atoms with van der Waals surface area (Å²) in [7, 11) is 3.02. The molecule has 1 N–H and O–H groups in total. The van der Waals surface area contributed by atoms with Crippen LogP contribution in [0.2, 0.25) is 0 Å². The van der Waals surface area contributed by atoms with Crippen LogP contribution in [0.4, 0.5) is 19.0 Å². The minimum absolute atomic E-state index is 0.0334. The molecule has 0 aliphatic carbocycles. The highest BCUT2D eigenvalue weighted by molar-refractivity contribution is 5.83. The molecule has 6 nitrogen and oxygen atoms in total. The molecule has 0 aliphatic heterocycles. The molecule has 0 atom stereocenters. The van der Waals surface area contributed by atoms with Crippen LogP contribution in [0.15, 0.2) is 30.6 Å². The van der Waals surface area contributed by atoms with Gasteiger partial charge in [-0.3, -0.25) is 0 Å². The molecule has 0 amide bonds. The Bertz CT molecular complexity index is 875. The van der Waals surface area contributed by atoms with Crippen molar-refractivity contribution in [1.82, 2.24) is 19.5 Å². The van der Waals surface area contributed by atoms with Crippen molar-refractivity contribution in [3.05, 3.63) is 42.0 Å². The van der Waals surface area contributed by atoms with E-state index in [9.17, 15) is 13.2 Å². The SMILES string of the molecule is CNc1nc(C(F)(F)F)nc2c1ncn2Cc1ccccc1OC. The van der Waals surface area contributed by atoms with Crippen LogP contribution in [0.25, 0.3) is 11.2 Å². The smallest absolute Gasteiger partial charge is 0.451 e. The molecule has 9 heteroatoms. The first kappa shape index (κ1) is 16.0. The lowest BCUT2D eigenvalue weighted by Gasteiger charge is -2.11. The first-order chi connectivity index (χ1) is 11.4. The number of fused-ring (bicyclic) bond motifs is 1. The first-order valence-corrected chi connectivity index (χ1v) is 7.03. The normalized spacial score (nSPS) is 11.7. The Kier molecular flexibility index (Phi) is 4.00. The third kappa shape index (κ3) is 2.84. The van der Waals surface area contributed by atoms with E-state index in [1.54, 1.807) is 6.07 Å². The number of halogens is 3. The van der Waals surface area contributed by atoms with E-state index in [0.29, 0.717) is 5.75 Å². The number of methoxy groups -OCH3 is 1. The van der Waals surface area contributed by atoms with E-state index in [0.717, 1.165) is 5.56 Å². The summed E-state index contributed by atoms with van der Waals surface area (Å²) in [6.07, 6.45) is -3.20. The minimum atomic E-state index is -4.64. The standard InChI is InChI=1S/C15H14F3N5O/c1-19-12-11-13(22-14(21-12)15(16,17)18)23(8-20-11)7-9-5-3-4-6-10(9)24-2/h3-6,8H,7H2,1-2H3,(H,19,21,22). The maximum Gasteiger partial charge on any atom is 0.451 e. The molecule has 2 heterocycles. The molecule has 24 heavy (non-hydrogen) atoms. The van der Waals surface area contributed by atoms with Crippen molar-refractivity contribution in [3.63, 3.8) is 0 Å². The number of alkyl halides is 3. The molecule has 3 aromatic rings. The maximum absolute atomic E-state index is 13.0. The van der Waals surface area contributed by atoms with Gasteiger partial charge >= 0.3 is 6.18 Å². The molecule has 0 saturated carbocycles. The summed E-state index contributed by atoms with van der Waals surface area (Å²) >= 11 is 0. The van der Waals surface area contributed by atoms with Gasteiger partial charge in [-0.1, -0.05) is 18.2 Å². The van der Waals surface area contributed by atoms with Crippen LogP contribution in [0.3, 0.4) is 0 Å². The Morgan fingerprint density at radius 1 is 1.21 bits per heavy atom. The van der Waals surface area contributed by atoms with Gasteiger partial charge in [0.05, 0.1) is 20.0 Å². The van der Waals surface area contributed by atoms with E-state index in [4.69, 9.17) is 4.74 Å². The second-order valence-corrected chi connectivity index (χ2v) is 5.00. The van der Waals surface area contributed by atoms with Gasteiger partial charge in [-0.15, -0.1) is 0 Å². The van der Waals surface area contributed by atoms with Gasteiger partial charge in [0, 0.05) is 12.6 Å². The molecule has 126 valence electrons. The fourth-order valence-electron chi connectivity index (χ4n) is 2.38. The van der Waals surface area contributed by atoms with Crippen molar-refractivity contribution in [2.24, 2.45) is 0 Å². The summed E-state index contributed by atoms with van der Waals surface area (Å²) in [5, 5.41) is 2.63. The Hall–Kier alpha value is -2.84. The zero-order chi connectivity index (χ0) is 17.3. The van der Waals surface area contributed by atoms with Crippen LogP contribution >= 0.6 is 0 Å². The molecule has 0 fully saturated rings. The summed E-state index contributed by atoms with van der Waals surface area (Å²) in [5.74, 6) is -0.537. The number of imidazole rings is 1. The van der Waals surface area contributed by atoms with Crippen molar-refractivity contribution in [2.75, 3.05) is 19.5 Å². The van der Waals surface area contributed by atoms with Crippen LogP contribution in [0.1, 0.15) is 11.4 Å². The van der Waals surface area contributed by atoms with Gasteiger partial charge in [0.25, 0.3) is 0 Å². The van der Waals surface area contributed by atoms with Gasteiger partial charge in [-0.2, -0.15) is 13.2 Å². The highest BCUT2D eigenvalue weighted by Gasteiger charge is 2.36. The van der Waals surface area contributed by atoms with Gasteiger partial charge in [-0.05, 0) is 6.07 Å². The van der Waals surface area contributed by atoms with E-state index < -0.39 is 12.0 Å². The Balaban J connectivity index is 2.12. The number of nitrogens with zero attached hydrogens (tertiary/aromatic N) is 4. The van der Waals surface area contributed by atoms with Crippen molar-refractivity contribution >= 4 is 17.0 Å². The topological polar surface area (TPSA) is 64.9 Å². The molecule has 0 spiro atoms. The first-order valence-electron chi connectivity index (χ1n) is 7.03. The van der Waals surface area contributed by atoms with Crippen LogP contribution in [0.5, 0.6) is 5.75 Å². The van der Waals surface area contributed by atoms with Crippen molar-refractivity contribution in [2.45, 2.75) is 12.7 Å². The summed E-state index contributed by atoms with van der Waals surface area (Å²) in [6, 6.07) is 7.25. The molecule has 0 aliphatic rings. The second kappa shape index (κ2) is 5.99. The van der Waals surface area contributed by atoms with Crippen LogP contribution < -0.4 is 10.1 Å². The highest BCUT2D eigenvalue weighted by atomic mass is 19.4. The molecule has 0 bridgehead atoms. The number of hydrogen-bond donors (Lipinski definition) is 1. The van der Waals surface area contributed by atoms with Crippen LogP contribution in [-0.2, 0) is 12.7 Å². The second-order valence-electron chi connectivity index (χ2n) is 5.00. The number of para-hydroxylation sites is 1. The molecule has 1 aromatic carbocycles. The van der Waals surface area contributed by atoms with E-state index >= 15 is 0 Å². The number of ether oxygens (including phenoxy) is 1. The number of benzene rings is 1. The lowest BCUT2D eigenvalue weighted by Crippen LogP contribution is -2.14. The largest absolute Gasteiger partial charge is 0.496 e. The monoisotopic (exact) mass is 337 g/mol. The molecule has 0 radical (unpaired) electrons. The maximum atomic E-state index is 13.0. The van der Waals surface area contributed by atoms with Crippen molar-refractivity contribution < 1.29 is 17.9 Å². The van der Waals surface area contributed by atoms with E-state index in [-0.39, 0.29) is 23.5 Å². The van der Waals surface area contributed by atoms with Crippen LogP contribution in [-0.4, -0.2) is 33.7 Å². The van der Waals surface area contributed by atoms with E-state index in [1.165, 1.54) is 25.1 Å². The average molecular weight is 337 g/mol. The predicted octanol–water partition coefficient (Wildman–Crippen LogP) is 2.94. The Morgan fingerprint density at radius 2 is 1.96 bits per heavy atom. The summed E-state index contributed by atoms with van der Waals surface area (Å²) < 4.78 is 45.8. The third-order valence-electron chi connectivity index (χ3n) is 3.49. The summed E-state index contributed by atoms with van der Waals surface area (Å²) in [6.45, 7) is 0.276. The zero-order valence-electron chi connectivity index (χ0n) is 12.9. The molecule has 2 aromatic heterocycles. The van der Waals surface area contributed by atoms with E-state index in [1.807, 2.05) is 18.2 Å². The summed E-state index contributed by atoms with van der Waals surface area (Å²) in [5.41, 5.74) is 1.19. The number of nitrogens with one attached hydrogen (secondary N) is 1. The quantitative estimate of drug-likeness (QED) is 0.793. The number of rotatable bonds is 4. The average Bonchev–Trinajstić information content (AvgIpc) is 2.97. The Labute approximate surface area is 135 Å². The minimum Gasteiger partial charge on any atom is -0.496 e. The predicted molar refractivity (Wildman–Crippen MR) is 82.0 cm³/mol. The van der Waals surface area contributed by atoms with Crippen LogP contribution in [0, 0.1) is 0 Å². The highest BCUT2D eigenvalue weighted by Crippen LogP contribution is 2.30. The fraction of sp³-hybridized carbons (Fsp3) is 0.267. The zero-order valence-corrected chi connectivity index (χ0v) is 12.9. The van der Waals surface area contributed by atoms with Crippen molar-refractivity contribution in [1.29, 1.82) is 0 Å². The van der Waals surface area contributed by atoms with Gasteiger partial charge in [0.2, 0.25) is 5.82 Å². The fourth-order valence-corrected chi connectivity index (χ4v) is 2.38. The molecule has 0 unspecified atom stereocenters. The molecular formula is C15H14F3N5O. The molecule has 3 rings (SSSR count). The number of aromatic nitrogens is 4. The lowest BCUT2D eigenvalue weighted by atomic mass is 10.2. The lowest BCUT2D eigenvalue weighted by molar-refractivity contribution is -0.144. The van der Waals surface area contributed by atoms with Crippen molar-refractivity contribution in [3.8, 4) is 5.75 Å². The Morgan fingerprint density at radius 3 is 2.62 bits per heavy atom. The summed E-state index contributed by atoms with van der Waals surface area (Å²) in [4.78, 5) is 11.3. The third-order valence-corrected chi connectivity index (χ3v) is 3.49. The van der Waals surface area contributed by atoms with E-state index in [2.05, 4.69) is 20.3 Å². The van der Waals surface area contributed by atoms with Gasteiger partial charge in [-0.25, -0.2) is 15.0 Å². The number of hydrogen-bond acceptors (Lipinski definition) is 5. The number of anilines is 1. The van der Waals surface area contributed by atoms with Gasteiger partial charge in [0.15, 0.2) is 11.5 Å².